The van der Waals surface area contributed by atoms with Crippen LogP contribution in [0.4, 0.5) is 0 Å². The molecule has 1 N–H and O–H groups in total. The molecule has 2 aromatic rings. The van der Waals surface area contributed by atoms with Crippen molar-refractivity contribution in [3.05, 3.63) is 47.5 Å². The highest BCUT2D eigenvalue weighted by Gasteiger charge is 2.27. The summed E-state index contributed by atoms with van der Waals surface area (Å²) in [5.74, 6) is 0.533. The molecule has 5 heteroatoms. The van der Waals surface area contributed by atoms with Crippen molar-refractivity contribution >= 4 is 5.91 Å². The number of likely N-dealkylation sites (tertiary alicyclic amines) is 1. The number of H-pyrrole nitrogens is 1. The van der Waals surface area contributed by atoms with E-state index in [1.807, 2.05) is 23.2 Å². The van der Waals surface area contributed by atoms with Gasteiger partial charge in [-0.25, -0.2) is 0 Å². The van der Waals surface area contributed by atoms with E-state index >= 15 is 0 Å². The van der Waals surface area contributed by atoms with Gasteiger partial charge < -0.3 is 4.90 Å². The molecule has 0 bridgehead atoms. The predicted octanol–water partition coefficient (Wildman–Crippen LogP) is 3.20. The van der Waals surface area contributed by atoms with Crippen LogP contribution in [0.15, 0.2) is 30.6 Å². The van der Waals surface area contributed by atoms with Gasteiger partial charge in [0.15, 0.2) is 0 Å². The number of hydrogen-bond acceptors (Lipinski definition) is 3. The fraction of sp³-hybridized carbons (Fsp3) is 0.526. The van der Waals surface area contributed by atoms with Crippen molar-refractivity contribution in [1.82, 2.24) is 20.1 Å². The smallest absolute Gasteiger partial charge is 0.274 e. The Kier molecular flexibility index (Phi) is 4.69. The molecule has 24 heavy (non-hydrogen) atoms. The maximum atomic E-state index is 12.8. The van der Waals surface area contributed by atoms with E-state index in [2.05, 4.69) is 42.0 Å². The molecule has 0 spiro atoms. The fourth-order valence-electron chi connectivity index (χ4n) is 3.25. The summed E-state index contributed by atoms with van der Waals surface area (Å²) in [6.07, 6.45) is 6.90. The molecule has 1 aliphatic rings. The van der Waals surface area contributed by atoms with E-state index in [4.69, 9.17) is 0 Å². The number of aromatic nitrogens is 3. The zero-order valence-electron chi connectivity index (χ0n) is 14.7. The monoisotopic (exact) mass is 326 g/mol. The summed E-state index contributed by atoms with van der Waals surface area (Å²) in [6.45, 7) is 7.95. The Morgan fingerprint density at radius 1 is 1.42 bits per heavy atom. The second kappa shape index (κ2) is 6.75. The van der Waals surface area contributed by atoms with E-state index in [0.29, 0.717) is 11.6 Å². The summed E-state index contributed by atoms with van der Waals surface area (Å²) in [6, 6.07) is 5.98. The Balaban J connectivity index is 1.66. The molecule has 3 heterocycles. The first-order valence-corrected chi connectivity index (χ1v) is 8.67. The van der Waals surface area contributed by atoms with Crippen LogP contribution in [-0.2, 0) is 11.8 Å². The molecule has 1 atom stereocenters. The number of carbonyl (C=O) groups excluding carboxylic acids is 1. The fourth-order valence-corrected chi connectivity index (χ4v) is 3.25. The van der Waals surface area contributed by atoms with Crippen molar-refractivity contribution in [1.29, 1.82) is 0 Å². The minimum atomic E-state index is -0.0315. The third kappa shape index (κ3) is 3.83. The van der Waals surface area contributed by atoms with E-state index in [9.17, 15) is 4.79 Å². The Morgan fingerprint density at radius 3 is 2.92 bits per heavy atom. The summed E-state index contributed by atoms with van der Waals surface area (Å²) in [5.41, 5.74) is 2.74. The van der Waals surface area contributed by atoms with E-state index in [-0.39, 0.29) is 11.3 Å². The van der Waals surface area contributed by atoms with Crippen LogP contribution in [-0.4, -0.2) is 39.1 Å². The number of pyridine rings is 1. The second-order valence-electron chi connectivity index (χ2n) is 7.74. The number of piperidine rings is 1. The lowest BCUT2D eigenvalue weighted by Crippen LogP contribution is -2.40. The van der Waals surface area contributed by atoms with Crippen LogP contribution >= 0.6 is 0 Å². The highest BCUT2D eigenvalue weighted by molar-refractivity contribution is 5.92. The number of hydrogen-bond donors (Lipinski definition) is 1. The van der Waals surface area contributed by atoms with Gasteiger partial charge in [0.2, 0.25) is 0 Å². The summed E-state index contributed by atoms with van der Waals surface area (Å²) in [4.78, 5) is 18.9. The van der Waals surface area contributed by atoms with Crippen LogP contribution < -0.4 is 0 Å². The van der Waals surface area contributed by atoms with E-state index in [0.717, 1.165) is 38.0 Å². The molecule has 1 aliphatic heterocycles. The Labute approximate surface area is 143 Å². The quantitative estimate of drug-likeness (QED) is 0.942. The summed E-state index contributed by atoms with van der Waals surface area (Å²) < 4.78 is 0. The van der Waals surface area contributed by atoms with Gasteiger partial charge in [-0.2, -0.15) is 5.10 Å². The Morgan fingerprint density at radius 2 is 2.25 bits per heavy atom. The van der Waals surface area contributed by atoms with Gasteiger partial charge in [-0.05, 0) is 42.9 Å². The van der Waals surface area contributed by atoms with Crippen LogP contribution in [0.1, 0.15) is 55.4 Å². The molecule has 2 aromatic heterocycles. The summed E-state index contributed by atoms with van der Waals surface area (Å²) in [5, 5.41) is 7.25. The predicted molar refractivity (Wildman–Crippen MR) is 93.9 cm³/mol. The van der Waals surface area contributed by atoms with Gasteiger partial charge >= 0.3 is 0 Å². The lowest BCUT2D eigenvalue weighted by molar-refractivity contribution is 0.0667. The molecular formula is C19H26N4O. The van der Waals surface area contributed by atoms with Crippen molar-refractivity contribution < 1.29 is 4.79 Å². The van der Waals surface area contributed by atoms with Crippen molar-refractivity contribution in [2.75, 3.05) is 13.1 Å². The zero-order valence-corrected chi connectivity index (χ0v) is 14.7. The minimum absolute atomic E-state index is 0.0315. The van der Waals surface area contributed by atoms with Crippen LogP contribution in [0.3, 0.4) is 0 Å². The number of amides is 1. The van der Waals surface area contributed by atoms with Crippen LogP contribution in [0, 0.1) is 5.92 Å². The number of nitrogens with one attached hydrogen (secondary N) is 1. The molecule has 0 radical (unpaired) electrons. The van der Waals surface area contributed by atoms with Gasteiger partial charge in [0.1, 0.15) is 5.69 Å². The lowest BCUT2D eigenvalue weighted by atomic mass is 9.91. The topological polar surface area (TPSA) is 61.9 Å². The van der Waals surface area contributed by atoms with Crippen LogP contribution in [0.5, 0.6) is 0 Å². The molecular weight excluding hydrogens is 300 g/mol. The first kappa shape index (κ1) is 16.7. The molecule has 1 fully saturated rings. The van der Waals surface area contributed by atoms with Gasteiger partial charge in [0.25, 0.3) is 5.91 Å². The molecule has 1 amide bonds. The van der Waals surface area contributed by atoms with E-state index < -0.39 is 0 Å². The highest BCUT2D eigenvalue weighted by atomic mass is 16.2. The Bertz CT molecular complexity index is 687. The molecule has 128 valence electrons. The largest absolute Gasteiger partial charge is 0.337 e. The summed E-state index contributed by atoms with van der Waals surface area (Å²) in [7, 11) is 0. The first-order chi connectivity index (χ1) is 11.4. The van der Waals surface area contributed by atoms with Crippen molar-refractivity contribution in [2.24, 2.45) is 5.92 Å². The van der Waals surface area contributed by atoms with Crippen molar-refractivity contribution in [3.8, 4) is 0 Å². The normalized spacial score (nSPS) is 18.6. The zero-order chi connectivity index (χ0) is 17.2. The molecule has 0 aliphatic carbocycles. The maximum absolute atomic E-state index is 12.8. The number of nitrogens with zero attached hydrogens (tertiary/aromatic N) is 3. The highest BCUT2D eigenvalue weighted by Crippen LogP contribution is 2.24. The van der Waals surface area contributed by atoms with Gasteiger partial charge in [-0.3, -0.25) is 14.9 Å². The van der Waals surface area contributed by atoms with Gasteiger partial charge in [-0.15, -0.1) is 0 Å². The third-order valence-electron chi connectivity index (χ3n) is 4.66. The Hall–Kier alpha value is -2.17. The minimum Gasteiger partial charge on any atom is -0.337 e. The molecule has 3 rings (SSSR count). The lowest BCUT2D eigenvalue weighted by Gasteiger charge is -2.32. The van der Waals surface area contributed by atoms with E-state index in [1.54, 1.807) is 6.20 Å². The average molecular weight is 326 g/mol. The number of aromatic amines is 1. The average Bonchev–Trinajstić information content (AvgIpc) is 3.06. The number of rotatable bonds is 3. The van der Waals surface area contributed by atoms with Crippen LogP contribution in [0.2, 0.25) is 0 Å². The summed E-state index contributed by atoms with van der Waals surface area (Å²) >= 11 is 0. The molecule has 1 saturated heterocycles. The second-order valence-corrected chi connectivity index (χ2v) is 7.74. The van der Waals surface area contributed by atoms with Gasteiger partial charge in [0.05, 0.1) is 0 Å². The van der Waals surface area contributed by atoms with Crippen molar-refractivity contribution in [3.63, 3.8) is 0 Å². The molecule has 0 aromatic carbocycles. The number of carbonyl (C=O) groups is 1. The third-order valence-corrected chi connectivity index (χ3v) is 4.66. The SMILES string of the molecule is CC(C)(C)c1cc(C(=O)N2CCC[C@H](Cc3cccnc3)C2)n[nH]1. The van der Waals surface area contributed by atoms with Crippen molar-refractivity contribution in [2.45, 2.75) is 45.4 Å². The molecule has 0 saturated carbocycles. The molecule has 0 unspecified atom stereocenters. The first-order valence-electron chi connectivity index (χ1n) is 8.67. The standard InChI is InChI=1S/C19H26N4O/c1-19(2,3)17-11-16(21-22-17)18(24)23-9-5-7-15(13-23)10-14-6-4-8-20-12-14/h4,6,8,11-12,15H,5,7,9-10,13H2,1-3H3,(H,21,22)/t15-/m1/s1. The van der Waals surface area contributed by atoms with Crippen LogP contribution in [0.25, 0.3) is 0 Å². The maximum Gasteiger partial charge on any atom is 0.274 e. The van der Waals surface area contributed by atoms with E-state index in [1.165, 1.54) is 5.56 Å². The molecule has 5 nitrogen and oxygen atoms in total. The van der Waals surface area contributed by atoms with Gasteiger partial charge in [-0.1, -0.05) is 26.8 Å². The van der Waals surface area contributed by atoms with Gasteiger partial charge in [0, 0.05) is 36.6 Å².